The number of hydrogen-bond acceptors (Lipinski definition) is 2. The second-order valence-corrected chi connectivity index (χ2v) is 3.69. The van der Waals surface area contributed by atoms with Gasteiger partial charge in [-0.3, -0.25) is 5.10 Å². The van der Waals surface area contributed by atoms with Crippen LogP contribution in [0.1, 0.15) is 11.1 Å². The summed E-state index contributed by atoms with van der Waals surface area (Å²) in [5.41, 5.74) is 4.21. The summed E-state index contributed by atoms with van der Waals surface area (Å²) < 4.78 is 0. The van der Waals surface area contributed by atoms with Gasteiger partial charge in [0.05, 0.1) is 5.52 Å². The van der Waals surface area contributed by atoms with Gasteiger partial charge in [-0.1, -0.05) is 41.6 Å². The fourth-order valence-electron chi connectivity index (χ4n) is 1.80. The smallest absolute Gasteiger partial charge is 0.117 e. The fraction of sp³-hybridized carbons (Fsp3) is 0.0769. The van der Waals surface area contributed by atoms with Crippen LogP contribution < -0.4 is 0 Å². The summed E-state index contributed by atoms with van der Waals surface area (Å²) in [6.07, 6.45) is 0.838. The van der Waals surface area contributed by atoms with Crippen LogP contribution in [0, 0.1) is 6.07 Å². The number of aromatic amines is 1. The molecule has 1 radical (unpaired) electrons. The van der Waals surface area contributed by atoms with Crippen LogP contribution in [0.15, 0.2) is 42.5 Å². The molecule has 0 saturated carbocycles. The second-order valence-electron chi connectivity index (χ2n) is 3.69. The molecule has 16 heavy (non-hydrogen) atoms. The Labute approximate surface area is 93.1 Å². The molecule has 3 nitrogen and oxygen atoms in total. The van der Waals surface area contributed by atoms with E-state index in [9.17, 15) is 0 Å². The molecule has 0 spiro atoms. The number of fused-ring (bicyclic) bond motifs is 1. The van der Waals surface area contributed by atoms with Crippen molar-refractivity contribution in [3.05, 3.63) is 59.7 Å². The largest absolute Gasteiger partial charge is 0.258 e. The highest BCUT2D eigenvalue weighted by Crippen LogP contribution is 2.16. The topological polar surface area (TPSA) is 41.6 Å². The predicted molar refractivity (Wildman–Crippen MR) is 62.0 cm³/mol. The molecule has 0 atom stereocenters. The first-order valence-electron chi connectivity index (χ1n) is 5.18. The van der Waals surface area contributed by atoms with E-state index in [4.69, 9.17) is 0 Å². The zero-order valence-electron chi connectivity index (χ0n) is 8.64. The Morgan fingerprint density at radius 3 is 2.88 bits per heavy atom. The van der Waals surface area contributed by atoms with Crippen molar-refractivity contribution >= 4 is 11.0 Å². The number of rotatable bonds is 2. The van der Waals surface area contributed by atoms with Gasteiger partial charge in [0.1, 0.15) is 5.52 Å². The molecule has 0 aliphatic carbocycles. The van der Waals surface area contributed by atoms with Gasteiger partial charge in [-0.15, -0.1) is 5.10 Å². The first-order chi connectivity index (χ1) is 7.93. The number of nitrogens with zero attached hydrogens (tertiary/aromatic N) is 2. The number of H-pyrrole nitrogens is 1. The van der Waals surface area contributed by atoms with Crippen LogP contribution in [-0.4, -0.2) is 15.4 Å². The van der Waals surface area contributed by atoms with Crippen molar-refractivity contribution in [1.82, 2.24) is 15.4 Å². The molecule has 3 heteroatoms. The third-order valence-electron chi connectivity index (χ3n) is 2.59. The van der Waals surface area contributed by atoms with E-state index in [2.05, 4.69) is 33.6 Å². The van der Waals surface area contributed by atoms with Crippen molar-refractivity contribution in [3.63, 3.8) is 0 Å². The van der Waals surface area contributed by atoms with Crippen molar-refractivity contribution in [2.75, 3.05) is 0 Å². The summed E-state index contributed by atoms with van der Waals surface area (Å²) >= 11 is 0. The molecule has 3 rings (SSSR count). The van der Waals surface area contributed by atoms with E-state index < -0.39 is 0 Å². The normalized spacial score (nSPS) is 10.8. The van der Waals surface area contributed by atoms with Gasteiger partial charge in [-0.2, -0.15) is 0 Å². The average Bonchev–Trinajstić information content (AvgIpc) is 2.80. The Balaban J connectivity index is 2.04. The van der Waals surface area contributed by atoms with E-state index in [1.165, 1.54) is 5.56 Å². The average molecular weight is 208 g/mol. The molecule has 0 aliphatic rings. The van der Waals surface area contributed by atoms with Crippen molar-refractivity contribution in [1.29, 1.82) is 0 Å². The highest BCUT2D eigenvalue weighted by atomic mass is 15.3. The quantitative estimate of drug-likeness (QED) is 0.702. The Morgan fingerprint density at radius 2 is 2.00 bits per heavy atom. The molecular weight excluding hydrogens is 198 g/mol. The summed E-state index contributed by atoms with van der Waals surface area (Å²) in [5, 5.41) is 10.8. The Bertz CT molecular complexity index is 599. The van der Waals surface area contributed by atoms with E-state index in [0.29, 0.717) is 0 Å². The molecule has 0 amide bonds. The van der Waals surface area contributed by atoms with E-state index >= 15 is 0 Å². The minimum atomic E-state index is 0.838. The van der Waals surface area contributed by atoms with Crippen LogP contribution in [0.2, 0.25) is 0 Å². The second kappa shape index (κ2) is 3.77. The van der Waals surface area contributed by atoms with Gasteiger partial charge < -0.3 is 0 Å². The molecule has 0 fully saturated rings. The third kappa shape index (κ3) is 1.56. The lowest BCUT2D eigenvalue weighted by atomic mass is 10.0. The highest BCUT2D eigenvalue weighted by Gasteiger charge is 2.04. The number of nitrogens with one attached hydrogen (secondary N) is 1. The molecule has 3 aromatic rings. The fourth-order valence-corrected chi connectivity index (χ4v) is 1.80. The predicted octanol–water partition coefficient (Wildman–Crippen LogP) is 2.35. The monoisotopic (exact) mass is 208 g/mol. The minimum absolute atomic E-state index is 0.838. The molecule has 1 aromatic heterocycles. The van der Waals surface area contributed by atoms with Gasteiger partial charge in [0.25, 0.3) is 0 Å². The first kappa shape index (κ1) is 9.09. The molecule has 1 N–H and O–H groups in total. The van der Waals surface area contributed by atoms with Gasteiger partial charge in [0.2, 0.25) is 0 Å². The molecule has 77 valence electrons. The molecule has 2 aromatic carbocycles. The first-order valence-corrected chi connectivity index (χ1v) is 5.18. The van der Waals surface area contributed by atoms with E-state index in [1.54, 1.807) is 0 Å². The maximum atomic E-state index is 4.08. The summed E-state index contributed by atoms with van der Waals surface area (Å²) in [7, 11) is 0. The summed E-state index contributed by atoms with van der Waals surface area (Å²) in [6, 6.07) is 17.4. The number of aromatic nitrogens is 3. The Morgan fingerprint density at radius 1 is 1.12 bits per heavy atom. The van der Waals surface area contributed by atoms with Crippen molar-refractivity contribution in [3.8, 4) is 0 Å². The van der Waals surface area contributed by atoms with Gasteiger partial charge in [0.15, 0.2) is 0 Å². The van der Waals surface area contributed by atoms with E-state index in [0.717, 1.165) is 23.0 Å². The van der Waals surface area contributed by atoms with E-state index in [-0.39, 0.29) is 0 Å². The Hall–Kier alpha value is -2.16. The SMILES string of the molecule is [c]1ccc2[nH]nnc2c1Cc1ccccc1. The van der Waals surface area contributed by atoms with Crippen LogP contribution in [0.25, 0.3) is 11.0 Å². The molecule has 0 bridgehead atoms. The van der Waals surface area contributed by atoms with Gasteiger partial charge in [0, 0.05) is 6.42 Å². The summed E-state index contributed by atoms with van der Waals surface area (Å²) in [6.45, 7) is 0. The van der Waals surface area contributed by atoms with Crippen molar-refractivity contribution in [2.24, 2.45) is 0 Å². The Kier molecular flexibility index (Phi) is 2.14. The van der Waals surface area contributed by atoms with Crippen LogP contribution >= 0.6 is 0 Å². The third-order valence-corrected chi connectivity index (χ3v) is 2.59. The summed E-state index contributed by atoms with van der Waals surface area (Å²) in [5.74, 6) is 0. The van der Waals surface area contributed by atoms with Gasteiger partial charge in [-0.25, -0.2) is 0 Å². The molecular formula is C13H10N3. The van der Waals surface area contributed by atoms with Gasteiger partial charge >= 0.3 is 0 Å². The zero-order valence-corrected chi connectivity index (χ0v) is 8.64. The molecule has 0 aliphatic heterocycles. The molecule has 0 unspecified atom stereocenters. The maximum Gasteiger partial charge on any atom is 0.117 e. The lowest BCUT2D eigenvalue weighted by Crippen LogP contribution is -1.89. The van der Waals surface area contributed by atoms with Gasteiger partial charge in [-0.05, 0) is 23.3 Å². The molecule has 1 heterocycles. The number of hydrogen-bond donors (Lipinski definition) is 1. The van der Waals surface area contributed by atoms with Crippen LogP contribution in [0.5, 0.6) is 0 Å². The van der Waals surface area contributed by atoms with E-state index in [1.807, 2.05) is 30.3 Å². The number of benzene rings is 2. The lowest BCUT2D eigenvalue weighted by Gasteiger charge is -2.01. The minimum Gasteiger partial charge on any atom is -0.258 e. The maximum absolute atomic E-state index is 4.08. The summed E-state index contributed by atoms with van der Waals surface area (Å²) in [4.78, 5) is 0. The van der Waals surface area contributed by atoms with Crippen LogP contribution in [-0.2, 0) is 6.42 Å². The highest BCUT2D eigenvalue weighted by molar-refractivity contribution is 5.77. The molecule has 0 saturated heterocycles. The van der Waals surface area contributed by atoms with Crippen LogP contribution in [0.3, 0.4) is 0 Å². The zero-order chi connectivity index (χ0) is 10.8. The van der Waals surface area contributed by atoms with Crippen molar-refractivity contribution in [2.45, 2.75) is 6.42 Å². The van der Waals surface area contributed by atoms with Crippen LogP contribution in [0.4, 0.5) is 0 Å². The standard InChI is InChI=1S/C13H10N3/c1-2-5-10(6-3-1)9-11-7-4-8-12-13(11)15-16-14-12/h1-6,8H,9H2,(H,14,15,16). The lowest BCUT2D eigenvalue weighted by molar-refractivity contribution is 0.957. The van der Waals surface area contributed by atoms with Crippen molar-refractivity contribution < 1.29 is 0 Å².